The Bertz CT molecular complexity index is 89.3. The molecule has 0 aliphatic heterocycles. The van der Waals surface area contributed by atoms with Crippen LogP contribution in [-0.2, 0) is 0 Å². The van der Waals surface area contributed by atoms with E-state index in [4.69, 9.17) is 10.2 Å². The molecule has 0 aliphatic rings. The van der Waals surface area contributed by atoms with Crippen molar-refractivity contribution in [3.8, 4) is 0 Å². The van der Waals surface area contributed by atoms with E-state index in [0.29, 0.717) is 6.42 Å². The van der Waals surface area contributed by atoms with Crippen molar-refractivity contribution < 1.29 is 10.2 Å². The highest BCUT2D eigenvalue weighted by molar-refractivity contribution is 4.87. The molecule has 1 atom stereocenters. The predicted molar refractivity (Wildman–Crippen MR) is 41.8 cm³/mol. The van der Waals surface area contributed by atoms with Crippen LogP contribution in [0.15, 0.2) is 12.2 Å². The molecule has 0 spiro atoms. The second kappa shape index (κ2) is 6.78. The van der Waals surface area contributed by atoms with Crippen LogP contribution >= 0.6 is 0 Å². The van der Waals surface area contributed by atoms with Crippen LogP contribution in [0.25, 0.3) is 0 Å². The van der Waals surface area contributed by atoms with Crippen molar-refractivity contribution in [1.82, 2.24) is 0 Å². The van der Waals surface area contributed by atoms with E-state index in [1.54, 1.807) is 12.2 Å². The lowest BCUT2D eigenvalue weighted by Gasteiger charge is -2.00. The standard InChI is InChI=1S/C8H16O2/c1-2-5-8(10)6-3-4-7-9/h3,6,8-10H,2,4-5,7H2,1H3. The first kappa shape index (κ1) is 9.66. The predicted octanol–water partition coefficient (Wildman–Crippen LogP) is 1.09. The Kier molecular flexibility index (Phi) is 6.55. The quantitative estimate of drug-likeness (QED) is 0.567. The summed E-state index contributed by atoms with van der Waals surface area (Å²) in [5.74, 6) is 0. The maximum atomic E-state index is 9.11. The summed E-state index contributed by atoms with van der Waals surface area (Å²) in [5, 5.41) is 17.5. The SMILES string of the molecule is CCCC(O)C=CCCO. The van der Waals surface area contributed by atoms with E-state index in [1.165, 1.54) is 0 Å². The molecule has 0 fully saturated rings. The van der Waals surface area contributed by atoms with Gasteiger partial charge < -0.3 is 10.2 Å². The van der Waals surface area contributed by atoms with E-state index in [9.17, 15) is 0 Å². The Labute approximate surface area is 62.2 Å². The van der Waals surface area contributed by atoms with Gasteiger partial charge in [-0.3, -0.25) is 0 Å². The van der Waals surface area contributed by atoms with Gasteiger partial charge in [-0.05, 0) is 12.8 Å². The molecule has 2 nitrogen and oxygen atoms in total. The van der Waals surface area contributed by atoms with Crippen LogP contribution in [0, 0.1) is 0 Å². The van der Waals surface area contributed by atoms with Crippen molar-refractivity contribution in [2.75, 3.05) is 6.61 Å². The number of aliphatic hydroxyl groups excluding tert-OH is 2. The third-order valence-electron chi connectivity index (χ3n) is 1.24. The third kappa shape index (κ3) is 5.79. The average Bonchev–Trinajstić information content (AvgIpc) is 1.89. The second-order valence-electron chi connectivity index (χ2n) is 2.30. The molecular weight excluding hydrogens is 128 g/mol. The molecule has 0 aromatic heterocycles. The zero-order valence-corrected chi connectivity index (χ0v) is 6.45. The molecule has 0 bridgehead atoms. The van der Waals surface area contributed by atoms with Crippen LogP contribution in [0.1, 0.15) is 26.2 Å². The fraction of sp³-hybridized carbons (Fsp3) is 0.750. The lowest BCUT2D eigenvalue weighted by molar-refractivity contribution is 0.211. The minimum Gasteiger partial charge on any atom is -0.396 e. The first-order valence-corrected chi connectivity index (χ1v) is 3.76. The van der Waals surface area contributed by atoms with Crippen LogP contribution in [0.4, 0.5) is 0 Å². The first-order valence-electron chi connectivity index (χ1n) is 3.76. The van der Waals surface area contributed by atoms with Crippen molar-refractivity contribution >= 4 is 0 Å². The summed E-state index contributed by atoms with van der Waals surface area (Å²) in [6, 6.07) is 0. The van der Waals surface area contributed by atoms with Gasteiger partial charge in [0.05, 0.1) is 6.10 Å². The minimum absolute atomic E-state index is 0.162. The minimum atomic E-state index is -0.323. The highest BCUT2D eigenvalue weighted by Crippen LogP contribution is 1.97. The maximum Gasteiger partial charge on any atom is 0.0720 e. The average molecular weight is 144 g/mol. The van der Waals surface area contributed by atoms with Crippen molar-refractivity contribution in [1.29, 1.82) is 0 Å². The van der Waals surface area contributed by atoms with Crippen molar-refractivity contribution in [2.24, 2.45) is 0 Å². The summed E-state index contributed by atoms with van der Waals surface area (Å²) in [6.45, 7) is 2.19. The number of rotatable bonds is 5. The molecule has 60 valence electrons. The van der Waals surface area contributed by atoms with E-state index in [0.717, 1.165) is 12.8 Å². The molecule has 10 heavy (non-hydrogen) atoms. The summed E-state index contributed by atoms with van der Waals surface area (Å²) in [7, 11) is 0. The fourth-order valence-electron chi connectivity index (χ4n) is 0.720. The maximum absolute atomic E-state index is 9.11. The zero-order valence-electron chi connectivity index (χ0n) is 6.45. The third-order valence-corrected chi connectivity index (χ3v) is 1.24. The fourth-order valence-corrected chi connectivity index (χ4v) is 0.720. The van der Waals surface area contributed by atoms with Crippen LogP contribution in [0.3, 0.4) is 0 Å². The summed E-state index contributed by atoms with van der Waals surface area (Å²) < 4.78 is 0. The van der Waals surface area contributed by atoms with Gasteiger partial charge in [-0.25, -0.2) is 0 Å². The lowest BCUT2D eigenvalue weighted by Crippen LogP contribution is -2.00. The number of hydrogen-bond acceptors (Lipinski definition) is 2. The lowest BCUT2D eigenvalue weighted by atomic mass is 10.2. The topological polar surface area (TPSA) is 40.5 Å². The molecule has 0 saturated heterocycles. The number of aliphatic hydroxyl groups is 2. The van der Waals surface area contributed by atoms with Crippen molar-refractivity contribution in [2.45, 2.75) is 32.3 Å². The van der Waals surface area contributed by atoms with E-state index in [2.05, 4.69) is 0 Å². The summed E-state index contributed by atoms with van der Waals surface area (Å²) in [6.07, 6.45) is 5.66. The second-order valence-corrected chi connectivity index (χ2v) is 2.30. The molecule has 0 aromatic carbocycles. The highest BCUT2D eigenvalue weighted by atomic mass is 16.3. The largest absolute Gasteiger partial charge is 0.396 e. The van der Waals surface area contributed by atoms with Crippen LogP contribution in [-0.4, -0.2) is 22.9 Å². The van der Waals surface area contributed by atoms with Gasteiger partial charge in [0, 0.05) is 6.61 Å². The molecular formula is C8H16O2. The van der Waals surface area contributed by atoms with E-state index in [-0.39, 0.29) is 12.7 Å². The monoisotopic (exact) mass is 144 g/mol. The van der Waals surface area contributed by atoms with Gasteiger partial charge in [-0.2, -0.15) is 0 Å². The smallest absolute Gasteiger partial charge is 0.0720 e. The molecule has 0 heterocycles. The van der Waals surface area contributed by atoms with E-state index < -0.39 is 0 Å². The van der Waals surface area contributed by atoms with Gasteiger partial charge in [0.2, 0.25) is 0 Å². The van der Waals surface area contributed by atoms with E-state index >= 15 is 0 Å². The summed E-state index contributed by atoms with van der Waals surface area (Å²) in [5.41, 5.74) is 0. The van der Waals surface area contributed by atoms with Crippen molar-refractivity contribution in [3.05, 3.63) is 12.2 Å². The normalized spacial score (nSPS) is 14.3. The van der Waals surface area contributed by atoms with Crippen LogP contribution in [0.2, 0.25) is 0 Å². The molecule has 0 saturated carbocycles. The molecule has 2 heteroatoms. The first-order chi connectivity index (χ1) is 4.81. The van der Waals surface area contributed by atoms with Gasteiger partial charge in [0.25, 0.3) is 0 Å². The number of hydrogen-bond donors (Lipinski definition) is 2. The molecule has 0 radical (unpaired) electrons. The Hall–Kier alpha value is -0.340. The van der Waals surface area contributed by atoms with Crippen LogP contribution in [0.5, 0.6) is 0 Å². The van der Waals surface area contributed by atoms with Gasteiger partial charge in [-0.15, -0.1) is 0 Å². The van der Waals surface area contributed by atoms with Gasteiger partial charge in [-0.1, -0.05) is 25.5 Å². The molecule has 0 rings (SSSR count). The van der Waals surface area contributed by atoms with Gasteiger partial charge in [0.15, 0.2) is 0 Å². The molecule has 2 N–H and O–H groups in total. The molecule has 1 unspecified atom stereocenters. The van der Waals surface area contributed by atoms with Crippen LogP contribution < -0.4 is 0 Å². The van der Waals surface area contributed by atoms with Gasteiger partial charge >= 0.3 is 0 Å². The van der Waals surface area contributed by atoms with Gasteiger partial charge in [0.1, 0.15) is 0 Å². The Balaban J connectivity index is 3.26. The van der Waals surface area contributed by atoms with E-state index in [1.807, 2.05) is 6.92 Å². The Morgan fingerprint density at radius 1 is 1.50 bits per heavy atom. The molecule has 0 amide bonds. The summed E-state index contributed by atoms with van der Waals surface area (Å²) >= 11 is 0. The molecule has 0 aromatic rings. The van der Waals surface area contributed by atoms with Crippen molar-refractivity contribution in [3.63, 3.8) is 0 Å². The summed E-state index contributed by atoms with van der Waals surface area (Å²) in [4.78, 5) is 0. The Morgan fingerprint density at radius 2 is 2.20 bits per heavy atom. The molecule has 0 aliphatic carbocycles. The highest BCUT2D eigenvalue weighted by Gasteiger charge is 1.93. The Morgan fingerprint density at radius 3 is 2.70 bits per heavy atom. The zero-order chi connectivity index (χ0) is 7.82.